The fraction of sp³-hybridized carbons (Fsp3) is 0.600. The highest BCUT2D eigenvalue weighted by molar-refractivity contribution is 9.10. The molecule has 1 aromatic rings. The van der Waals surface area contributed by atoms with E-state index in [1.807, 2.05) is 12.1 Å². The first kappa shape index (κ1) is 15.3. The Hall–Kier alpha value is -0.120. The molecule has 1 aromatic carbocycles. The lowest BCUT2D eigenvalue weighted by atomic mass is 9.76. The van der Waals surface area contributed by atoms with E-state index in [4.69, 9.17) is 11.6 Å². The molecule has 19 heavy (non-hydrogen) atoms. The van der Waals surface area contributed by atoms with Crippen molar-refractivity contribution < 1.29 is 4.39 Å². The van der Waals surface area contributed by atoms with Crippen LogP contribution in [0.3, 0.4) is 0 Å². The average Bonchev–Trinajstić information content (AvgIpc) is 2.63. The number of rotatable bonds is 2. The summed E-state index contributed by atoms with van der Waals surface area (Å²) in [5, 5.41) is 3.77. The van der Waals surface area contributed by atoms with Crippen molar-refractivity contribution in [3.63, 3.8) is 0 Å². The Morgan fingerprint density at radius 2 is 2.05 bits per heavy atom. The lowest BCUT2D eigenvalue weighted by Crippen LogP contribution is -2.47. The van der Waals surface area contributed by atoms with Crippen LogP contribution in [0.2, 0.25) is 5.02 Å². The largest absolute Gasteiger partial charge is 0.307 e. The molecule has 1 fully saturated rings. The van der Waals surface area contributed by atoms with E-state index in [0.717, 1.165) is 25.8 Å². The summed E-state index contributed by atoms with van der Waals surface area (Å²) in [5.74, 6) is 0.0245. The Morgan fingerprint density at radius 3 is 2.74 bits per heavy atom. The van der Waals surface area contributed by atoms with E-state index in [0.29, 0.717) is 16.0 Å². The molecule has 0 aliphatic carbocycles. The maximum absolute atomic E-state index is 14.6. The number of hydrogen-bond donors (Lipinski definition) is 1. The van der Waals surface area contributed by atoms with Crippen LogP contribution in [0.15, 0.2) is 16.6 Å². The highest BCUT2D eigenvalue weighted by Gasteiger charge is 2.38. The van der Waals surface area contributed by atoms with Gasteiger partial charge in [0.05, 0.1) is 5.02 Å². The summed E-state index contributed by atoms with van der Waals surface area (Å²) in [4.78, 5) is 0. The van der Waals surface area contributed by atoms with E-state index in [2.05, 4.69) is 35.1 Å². The second kappa shape index (κ2) is 6.11. The molecule has 1 unspecified atom stereocenters. The summed E-state index contributed by atoms with van der Waals surface area (Å²) < 4.78 is 15.2. The summed E-state index contributed by atoms with van der Waals surface area (Å²) >= 11 is 9.34. The van der Waals surface area contributed by atoms with Gasteiger partial charge in [-0.1, -0.05) is 44.4 Å². The molecule has 4 heteroatoms. The SMILES string of the molecule is CC(C)C1(c2ccc(Br)c(Cl)c2F)CCCCCN1. The molecule has 2 rings (SSSR count). The molecule has 106 valence electrons. The van der Waals surface area contributed by atoms with Gasteiger partial charge in [0.25, 0.3) is 0 Å². The Labute approximate surface area is 128 Å². The van der Waals surface area contributed by atoms with E-state index in [1.54, 1.807) is 0 Å². The number of hydrogen-bond acceptors (Lipinski definition) is 1. The lowest BCUT2D eigenvalue weighted by molar-refractivity contribution is 0.223. The number of benzene rings is 1. The van der Waals surface area contributed by atoms with Crippen LogP contribution in [0.25, 0.3) is 0 Å². The van der Waals surface area contributed by atoms with Crippen LogP contribution in [-0.4, -0.2) is 6.54 Å². The van der Waals surface area contributed by atoms with Gasteiger partial charge in [-0.2, -0.15) is 0 Å². The third-order valence-corrected chi connectivity index (χ3v) is 5.45. The van der Waals surface area contributed by atoms with Crippen LogP contribution in [0.1, 0.15) is 45.1 Å². The minimum atomic E-state index is -0.301. The molecule has 0 bridgehead atoms. The van der Waals surface area contributed by atoms with Gasteiger partial charge in [0, 0.05) is 15.6 Å². The zero-order valence-electron chi connectivity index (χ0n) is 11.4. The molecule has 0 saturated carbocycles. The molecule has 1 atom stereocenters. The number of halogens is 3. The van der Waals surface area contributed by atoms with Crippen LogP contribution >= 0.6 is 27.5 Å². The van der Waals surface area contributed by atoms with Gasteiger partial charge >= 0.3 is 0 Å². The second-order valence-corrected chi connectivity index (χ2v) is 6.82. The molecule has 0 amide bonds. The van der Waals surface area contributed by atoms with Crippen LogP contribution in [-0.2, 0) is 5.54 Å². The molecule has 1 aliphatic rings. The van der Waals surface area contributed by atoms with Gasteiger partial charge < -0.3 is 5.32 Å². The van der Waals surface area contributed by atoms with Crippen molar-refractivity contribution in [2.75, 3.05) is 6.54 Å². The van der Waals surface area contributed by atoms with Gasteiger partial charge in [-0.3, -0.25) is 0 Å². The minimum absolute atomic E-state index is 0.184. The van der Waals surface area contributed by atoms with Crippen molar-refractivity contribution in [2.24, 2.45) is 5.92 Å². The smallest absolute Gasteiger partial charge is 0.148 e. The summed E-state index contributed by atoms with van der Waals surface area (Å²) in [6, 6.07) is 3.71. The maximum atomic E-state index is 14.6. The molecule has 1 aliphatic heterocycles. The van der Waals surface area contributed by atoms with Crippen LogP contribution in [0.4, 0.5) is 4.39 Å². The fourth-order valence-corrected chi connectivity index (χ4v) is 3.48. The highest BCUT2D eigenvalue weighted by atomic mass is 79.9. The molecule has 0 spiro atoms. The lowest BCUT2D eigenvalue weighted by Gasteiger charge is -2.39. The zero-order chi connectivity index (χ0) is 14.0. The number of nitrogens with one attached hydrogen (secondary N) is 1. The summed E-state index contributed by atoms with van der Waals surface area (Å²) in [7, 11) is 0. The Bertz CT molecular complexity index is 454. The monoisotopic (exact) mass is 347 g/mol. The normalized spacial score (nSPS) is 24.5. The van der Waals surface area contributed by atoms with Crippen molar-refractivity contribution in [1.82, 2.24) is 5.32 Å². The first-order chi connectivity index (χ1) is 8.99. The fourth-order valence-electron chi connectivity index (χ4n) is 3.01. The molecule has 1 nitrogen and oxygen atoms in total. The third kappa shape index (κ3) is 2.84. The molecule has 1 heterocycles. The molecular formula is C15H20BrClFN. The van der Waals surface area contributed by atoms with Gasteiger partial charge in [-0.15, -0.1) is 0 Å². The first-order valence-electron chi connectivity index (χ1n) is 6.88. The van der Waals surface area contributed by atoms with E-state index < -0.39 is 0 Å². The van der Waals surface area contributed by atoms with Gasteiger partial charge in [-0.05, 0) is 47.3 Å². The zero-order valence-corrected chi connectivity index (χ0v) is 13.7. The average molecular weight is 349 g/mol. The van der Waals surface area contributed by atoms with Gasteiger partial charge in [0.15, 0.2) is 0 Å². The van der Waals surface area contributed by atoms with Crippen molar-refractivity contribution >= 4 is 27.5 Å². The Morgan fingerprint density at radius 1 is 1.32 bits per heavy atom. The van der Waals surface area contributed by atoms with Crippen molar-refractivity contribution in [3.8, 4) is 0 Å². The van der Waals surface area contributed by atoms with E-state index >= 15 is 0 Å². The van der Waals surface area contributed by atoms with E-state index in [1.165, 1.54) is 6.42 Å². The van der Waals surface area contributed by atoms with Gasteiger partial charge in [-0.25, -0.2) is 4.39 Å². The summed E-state index contributed by atoms with van der Waals surface area (Å²) in [6.07, 6.45) is 4.44. The van der Waals surface area contributed by atoms with Crippen molar-refractivity contribution in [2.45, 2.75) is 45.1 Å². The minimum Gasteiger partial charge on any atom is -0.307 e. The molecule has 0 aromatic heterocycles. The Balaban J connectivity index is 2.53. The second-order valence-electron chi connectivity index (χ2n) is 5.59. The third-order valence-electron chi connectivity index (χ3n) is 4.19. The molecular weight excluding hydrogens is 329 g/mol. The molecule has 1 N–H and O–H groups in total. The molecule has 0 radical (unpaired) electrons. The Kier molecular flexibility index (Phi) is 4.91. The molecule has 1 saturated heterocycles. The van der Waals surface area contributed by atoms with Gasteiger partial charge in [0.2, 0.25) is 0 Å². The summed E-state index contributed by atoms with van der Waals surface area (Å²) in [5.41, 5.74) is 0.405. The van der Waals surface area contributed by atoms with Crippen molar-refractivity contribution in [3.05, 3.63) is 33.0 Å². The first-order valence-corrected chi connectivity index (χ1v) is 8.05. The van der Waals surface area contributed by atoms with Crippen molar-refractivity contribution in [1.29, 1.82) is 0 Å². The predicted octanol–water partition coefficient (Wildman–Crippen LogP) is 5.26. The quantitative estimate of drug-likeness (QED) is 0.719. The van der Waals surface area contributed by atoms with Crippen LogP contribution in [0.5, 0.6) is 0 Å². The van der Waals surface area contributed by atoms with Gasteiger partial charge in [0.1, 0.15) is 5.82 Å². The van der Waals surface area contributed by atoms with Crippen LogP contribution < -0.4 is 5.32 Å². The van der Waals surface area contributed by atoms with Crippen LogP contribution in [0, 0.1) is 11.7 Å². The highest BCUT2D eigenvalue weighted by Crippen LogP contribution is 2.41. The van der Waals surface area contributed by atoms with E-state index in [9.17, 15) is 4.39 Å². The maximum Gasteiger partial charge on any atom is 0.148 e. The summed E-state index contributed by atoms with van der Waals surface area (Å²) in [6.45, 7) is 5.23. The standard InChI is InChI=1S/C15H20BrClFN/c1-10(2)15(8-4-3-5-9-19-15)11-6-7-12(16)13(17)14(11)18/h6-7,10,19H,3-5,8-9H2,1-2H3. The topological polar surface area (TPSA) is 12.0 Å². The predicted molar refractivity (Wildman–Crippen MR) is 82.1 cm³/mol. The van der Waals surface area contributed by atoms with E-state index in [-0.39, 0.29) is 16.4 Å².